The SMILES string of the molecule is C[C@@H]1CC[C@H](COC(=O)Cc2cccc(NS(C)(=O)=O)c2)O1. The van der Waals surface area contributed by atoms with E-state index in [1.807, 2.05) is 6.92 Å². The quantitative estimate of drug-likeness (QED) is 0.805. The number of benzene rings is 1. The average molecular weight is 327 g/mol. The number of hydrogen-bond donors (Lipinski definition) is 1. The first-order valence-electron chi connectivity index (χ1n) is 7.19. The predicted molar refractivity (Wildman–Crippen MR) is 83.1 cm³/mol. The van der Waals surface area contributed by atoms with E-state index in [4.69, 9.17) is 9.47 Å². The molecule has 0 saturated carbocycles. The Morgan fingerprint density at radius 2 is 2.18 bits per heavy atom. The molecule has 1 saturated heterocycles. The molecule has 122 valence electrons. The summed E-state index contributed by atoms with van der Waals surface area (Å²) in [4.78, 5) is 11.8. The molecule has 1 aromatic rings. The first-order valence-corrected chi connectivity index (χ1v) is 9.09. The molecule has 1 fully saturated rings. The molecule has 0 bridgehead atoms. The zero-order valence-corrected chi connectivity index (χ0v) is 13.6. The van der Waals surface area contributed by atoms with Gasteiger partial charge in [0.2, 0.25) is 10.0 Å². The lowest BCUT2D eigenvalue weighted by molar-refractivity contribution is -0.146. The first-order chi connectivity index (χ1) is 10.3. The van der Waals surface area contributed by atoms with Crippen LogP contribution in [0.3, 0.4) is 0 Å². The minimum atomic E-state index is -3.33. The van der Waals surface area contributed by atoms with Crippen LogP contribution in [-0.2, 0) is 30.7 Å². The molecule has 0 amide bonds. The van der Waals surface area contributed by atoms with Gasteiger partial charge in [0.25, 0.3) is 0 Å². The number of anilines is 1. The van der Waals surface area contributed by atoms with Crippen molar-refractivity contribution in [1.29, 1.82) is 0 Å². The van der Waals surface area contributed by atoms with E-state index in [2.05, 4.69) is 4.72 Å². The van der Waals surface area contributed by atoms with Crippen molar-refractivity contribution in [3.05, 3.63) is 29.8 Å². The van der Waals surface area contributed by atoms with Gasteiger partial charge in [0.15, 0.2) is 0 Å². The summed E-state index contributed by atoms with van der Waals surface area (Å²) in [5.74, 6) is -0.348. The minimum absolute atomic E-state index is 0.0165. The summed E-state index contributed by atoms with van der Waals surface area (Å²) in [6.07, 6.45) is 3.28. The zero-order valence-electron chi connectivity index (χ0n) is 12.7. The van der Waals surface area contributed by atoms with Gasteiger partial charge in [-0.05, 0) is 37.5 Å². The second-order valence-electron chi connectivity index (χ2n) is 5.58. The maximum Gasteiger partial charge on any atom is 0.310 e. The largest absolute Gasteiger partial charge is 0.463 e. The van der Waals surface area contributed by atoms with Crippen molar-refractivity contribution in [1.82, 2.24) is 0 Å². The molecule has 1 heterocycles. The second kappa shape index (κ2) is 7.11. The molecular formula is C15H21NO5S. The van der Waals surface area contributed by atoms with Crippen LogP contribution < -0.4 is 4.72 Å². The molecule has 0 aromatic heterocycles. The van der Waals surface area contributed by atoms with E-state index in [1.165, 1.54) is 0 Å². The van der Waals surface area contributed by atoms with Crippen LogP contribution in [0.15, 0.2) is 24.3 Å². The Morgan fingerprint density at radius 3 is 2.82 bits per heavy atom. The Bertz CT molecular complexity index is 629. The summed E-state index contributed by atoms with van der Waals surface area (Å²) in [5, 5.41) is 0. The number of ether oxygens (including phenoxy) is 2. The molecule has 1 aliphatic rings. The number of hydrogen-bond acceptors (Lipinski definition) is 5. The maximum atomic E-state index is 11.8. The minimum Gasteiger partial charge on any atom is -0.463 e. The van der Waals surface area contributed by atoms with E-state index < -0.39 is 10.0 Å². The Kier molecular flexibility index (Phi) is 5.42. The lowest BCUT2D eigenvalue weighted by Crippen LogP contribution is -2.20. The van der Waals surface area contributed by atoms with Gasteiger partial charge < -0.3 is 9.47 Å². The summed E-state index contributed by atoms with van der Waals surface area (Å²) in [7, 11) is -3.33. The molecule has 0 aliphatic carbocycles. The van der Waals surface area contributed by atoms with Crippen molar-refractivity contribution >= 4 is 21.7 Å². The van der Waals surface area contributed by atoms with Crippen molar-refractivity contribution in [3.8, 4) is 0 Å². The molecule has 7 heteroatoms. The number of carbonyl (C=O) groups is 1. The van der Waals surface area contributed by atoms with Crippen LogP contribution in [0.1, 0.15) is 25.3 Å². The Balaban J connectivity index is 1.84. The molecule has 1 aliphatic heterocycles. The standard InChI is InChI=1S/C15H21NO5S/c1-11-6-7-14(21-11)10-20-15(17)9-12-4-3-5-13(8-12)16-22(2,18)19/h3-5,8,11,14,16H,6-7,9-10H2,1-2H3/t11-,14-/m1/s1. The zero-order chi connectivity index (χ0) is 16.2. The fourth-order valence-electron chi connectivity index (χ4n) is 2.37. The van der Waals surface area contributed by atoms with E-state index in [1.54, 1.807) is 24.3 Å². The van der Waals surface area contributed by atoms with Crippen LogP contribution >= 0.6 is 0 Å². The fourth-order valence-corrected chi connectivity index (χ4v) is 2.93. The highest BCUT2D eigenvalue weighted by molar-refractivity contribution is 7.92. The van der Waals surface area contributed by atoms with Crippen molar-refractivity contribution in [2.45, 2.75) is 38.4 Å². The molecule has 6 nitrogen and oxygen atoms in total. The van der Waals surface area contributed by atoms with Gasteiger partial charge in [-0.1, -0.05) is 12.1 Å². The van der Waals surface area contributed by atoms with Crippen molar-refractivity contribution in [2.75, 3.05) is 17.6 Å². The summed E-state index contributed by atoms with van der Waals surface area (Å²) >= 11 is 0. The third-order valence-electron chi connectivity index (χ3n) is 3.33. The highest BCUT2D eigenvalue weighted by Crippen LogP contribution is 2.19. The summed E-state index contributed by atoms with van der Waals surface area (Å²) in [5.41, 5.74) is 1.13. The van der Waals surface area contributed by atoms with Crippen molar-refractivity contribution in [3.63, 3.8) is 0 Å². The number of carbonyl (C=O) groups excluding carboxylic acids is 1. The van der Waals surface area contributed by atoms with Crippen LogP contribution in [0, 0.1) is 0 Å². The van der Waals surface area contributed by atoms with Crippen LogP contribution in [-0.4, -0.2) is 39.5 Å². The highest BCUT2D eigenvalue weighted by Gasteiger charge is 2.23. The van der Waals surface area contributed by atoms with Crippen LogP contribution in [0.4, 0.5) is 5.69 Å². The molecule has 22 heavy (non-hydrogen) atoms. The Hall–Kier alpha value is -1.60. The van der Waals surface area contributed by atoms with E-state index in [0.717, 1.165) is 19.1 Å². The van der Waals surface area contributed by atoms with Crippen LogP contribution in [0.2, 0.25) is 0 Å². The summed E-state index contributed by atoms with van der Waals surface area (Å²) < 4.78 is 35.6. The topological polar surface area (TPSA) is 81.7 Å². The van der Waals surface area contributed by atoms with Gasteiger partial charge in [-0.2, -0.15) is 0 Å². The molecule has 0 radical (unpaired) electrons. The lowest BCUT2D eigenvalue weighted by atomic mass is 10.1. The van der Waals surface area contributed by atoms with Gasteiger partial charge >= 0.3 is 5.97 Å². The summed E-state index contributed by atoms with van der Waals surface area (Å²) in [6, 6.07) is 6.70. The van der Waals surface area contributed by atoms with E-state index >= 15 is 0 Å². The number of nitrogens with one attached hydrogen (secondary N) is 1. The van der Waals surface area contributed by atoms with E-state index in [-0.39, 0.29) is 31.2 Å². The molecule has 0 unspecified atom stereocenters. The second-order valence-corrected chi connectivity index (χ2v) is 7.33. The lowest BCUT2D eigenvalue weighted by Gasteiger charge is -2.12. The first kappa shape index (κ1) is 16.8. The molecular weight excluding hydrogens is 306 g/mol. The van der Waals surface area contributed by atoms with Crippen molar-refractivity contribution < 1.29 is 22.7 Å². The van der Waals surface area contributed by atoms with Gasteiger partial charge in [-0.15, -0.1) is 0 Å². The van der Waals surface area contributed by atoms with Gasteiger partial charge in [0.1, 0.15) is 6.61 Å². The molecule has 2 atom stereocenters. The van der Waals surface area contributed by atoms with E-state index in [9.17, 15) is 13.2 Å². The van der Waals surface area contributed by atoms with Crippen molar-refractivity contribution in [2.24, 2.45) is 0 Å². The molecule has 1 N–H and O–H groups in total. The average Bonchev–Trinajstić information content (AvgIpc) is 2.81. The Morgan fingerprint density at radius 1 is 1.41 bits per heavy atom. The fraction of sp³-hybridized carbons (Fsp3) is 0.533. The monoisotopic (exact) mass is 327 g/mol. The molecule has 0 spiro atoms. The summed E-state index contributed by atoms with van der Waals surface area (Å²) in [6.45, 7) is 2.27. The number of rotatable bonds is 6. The number of esters is 1. The van der Waals surface area contributed by atoms with Gasteiger partial charge in [0, 0.05) is 5.69 Å². The van der Waals surface area contributed by atoms with Gasteiger partial charge in [0.05, 0.1) is 24.9 Å². The van der Waals surface area contributed by atoms with Gasteiger partial charge in [-0.25, -0.2) is 8.42 Å². The molecule has 2 rings (SSSR count). The van der Waals surface area contributed by atoms with Gasteiger partial charge in [-0.3, -0.25) is 9.52 Å². The smallest absolute Gasteiger partial charge is 0.310 e. The normalized spacial score (nSPS) is 21.5. The van der Waals surface area contributed by atoms with Crippen LogP contribution in [0.5, 0.6) is 0 Å². The Labute approximate surface area is 130 Å². The number of sulfonamides is 1. The molecule has 1 aromatic carbocycles. The van der Waals surface area contributed by atoms with Crippen LogP contribution in [0.25, 0.3) is 0 Å². The van der Waals surface area contributed by atoms with E-state index in [0.29, 0.717) is 11.3 Å². The third kappa shape index (κ3) is 5.65. The third-order valence-corrected chi connectivity index (χ3v) is 3.94. The highest BCUT2D eigenvalue weighted by atomic mass is 32.2. The predicted octanol–water partition coefficient (Wildman–Crippen LogP) is 1.71. The maximum absolute atomic E-state index is 11.8.